The molecule has 110 valence electrons. The second-order valence-corrected chi connectivity index (χ2v) is 4.64. The van der Waals surface area contributed by atoms with Gasteiger partial charge in [0.15, 0.2) is 5.69 Å². The molecule has 0 saturated heterocycles. The van der Waals surface area contributed by atoms with Crippen molar-refractivity contribution < 1.29 is 18.1 Å². The molecule has 0 aliphatic heterocycles. The third-order valence-electron chi connectivity index (χ3n) is 3.05. The fraction of sp³-hybridized carbons (Fsp3) is 0.364. The van der Waals surface area contributed by atoms with Crippen molar-refractivity contribution in [1.29, 1.82) is 0 Å². The first kappa shape index (κ1) is 13.5. The maximum atomic E-state index is 12.7. The number of rotatable bonds is 3. The van der Waals surface area contributed by atoms with Crippen LogP contribution in [0.3, 0.4) is 0 Å². The molecule has 7 nitrogen and oxygen atoms in total. The summed E-state index contributed by atoms with van der Waals surface area (Å²) in [4.78, 5) is 17.3. The zero-order chi connectivity index (χ0) is 15.2. The molecule has 0 N–H and O–H groups in total. The molecule has 0 amide bonds. The highest BCUT2D eigenvalue weighted by Crippen LogP contribution is 2.42. The first-order valence-corrected chi connectivity index (χ1v) is 6.00. The van der Waals surface area contributed by atoms with Crippen LogP contribution in [0.1, 0.15) is 30.1 Å². The lowest BCUT2D eigenvalue weighted by Crippen LogP contribution is -2.09. The number of aromatic nitrogens is 4. The highest BCUT2D eigenvalue weighted by molar-refractivity contribution is 5.30. The van der Waals surface area contributed by atoms with Gasteiger partial charge in [-0.2, -0.15) is 18.3 Å². The average molecular weight is 299 g/mol. The molecule has 3 rings (SSSR count). The number of alkyl halides is 3. The van der Waals surface area contributed by atoms with Crippen molar-refractivity contribution in [2.24, 2.45) is 0 Å². The third-order valence-corrected chi connectivity index (χ3v) is 3.05. The van der Waals surface area contributed by atoms with Gasteiger partial charge in [0.2, 0.25) is 0 Å². The minimum absolute atomic E-state index is 0.00704. The van der Waals surface area contributed by atoms with E-state index < -0.39 is 16.8 Å². The van der Waals surface area contributed by atoms with Crippen molar-refractivity contribution >= 4 is 5.69 Å². The molecule has 0 spiro atoms. The lowest BCUT2D eigenvalue weighted by atomic mass is 10.2. The predicted octanol–water partition coefficient (Wildman–Crippen LogP) is 2.47. The predicted molar refractivity (Wildman–Crippen MR) is 62.8 cm³/mol. The third kappa shape index (κ3) is 2.56. The van der Waals surface area contributed by atoms with Crippen LogP contribution in [0, 0.1) is 10.1 Å². The molecule has 0 bridgehead atoms. The van der Waals surface area contributed by atoms with Crippen LogP contribution in [0.5, 0.6) is 0 Å². The zero-order valence-electron chi connectivity index (χ0n) is 10.4. The fourth-order valence-corrected chi connectivity index (χ4v) is 1.88. The standard InChI is InChI=1S/C11H8F3N5O2/c12-11(13,14)9-3-8(6-1-2-6)18(17-9)10-15-4-7(5-16-10)19(20)21/h3-6H,1-2H2. The van der Waals surface area contributed by atoms with E-state index in [1.54, 1.807) is 0 Å². The number of nitrogens with zero attached hydrogens (tertiary/aromatic N) is 5. The van der Waals surface area contributed by atoms with Gasteiger partial charge in [0.25, 0.3) is 5.95 Å². The van der Waals surface area contributed by atoms with Crippen LogP contribution in [-0.4, -0.2) is 24.7 Å². The first-order chi connectivity index (χ1) is 9.86. The molecule has 0 atom stereocenters. The topological polar surface area (TPSA) is 86.7 Å². The largest absolute Gasteiger partial charge is 0.435 e. The average Bonchev–Trinajstić information content (AvgIpc) is 3.16. The van der Waals surface area contributed by atoms with Crippen molar-refractivity contribution in [2.75, 3.05) is 0 Å². The molecule has 10 heteroatoms. The van der Waals surface area contributed by atoms with Gasteiger partial charge < -0.3 is 0 Å². The van der Waals surface area contributed by atoms with E-state index in [9.17, 15) is 23.3 Å². The van der Waals surface area contributed by atoms with Gasteiger partial charge in [-0.1, -0.05) is 0 Å². The molecular weight excluding hydrogens is 291 g/mol. The van der Waals surface area contributed by atoms with Crippen molar-refractivity contribution in [1.82, 2.24) is 19.7 Å². The summed E-state index contributed by atoms with van der Waals surface area (Å²) in [6, 6.07) is 0.975. The van der Waals surface area contributed by atoms with Gasteiger partial charge in [-0.05, 0) is 18.9 Å². The highest BCUT2D eigenvalue weighted by Gasteiger charge is 2.38. The van der Waals surface area contributed by atoms with E-state index in [1.807, 2.05) is 0 Å². The Balaban J connectivity index is 2.04. The second-order valence-electron chi connectivity index (χ2n) is 4.64. The second kappa shape index (κ2) is 4.50. The summed E-state index contributed by atoms with van der Waals surface area (Å²) in [6.45, 7) is 0. The van der Waals surface area contributed by atoms with E-state index in [0.717, 1.165) is 36.0 Å². The molecular formula is C11H8F3N5O2. The van der Waals surface area contributed by atoms with E-state index in [4.69, 9.17) is 0 Å². The van der Waals surface area contributed by atoms with Gasteiger partial charge in [0.05, 0.1) is 10.6 Å². The molecule has 0 aromatic carbocycles. The number of halogens is 3. The van der Waals surface area contributed by atoms with Crippen LogP contribution in [0.15, 0.2) is 18.5 Å². The number of hydrogen-bond acceptors (Lipinski definition) is 5. The van der Waals surface area contributed by atoms with Crippen LogP contribution in [0.25, 0.3) is 5.95 Å². The molecule has 1 aliphatic carbocycles. The fourth-order valence-electron chi connectivity index (χ4n) is 1.88. The van der Waals surface area contributed by atoms with E-state index >= 15 is 0 Å². The smallest absolute Gasteiger partial charge is 0.258 e. The molecule has 2 aromatic heterocycles. The van der Waals surface area contributed by atoms with Crippen LogP contribution >= 0.6 is 0 Å². The monoisotopic (exact) mass is 299 g/mol. The first-order valence-electron chi connectivity index (χ1n) is 6.00. The lowest BCUT2D eigenvalue weighted by Gasteiger charge is -2.03. The Kier molecular flexibility index (Phi) is 2.88. The molecule has 0 radical (unpaired) electrons. The summed E-state index contributed by atoms with van der Waals surface area (Å²) in [5.74, 6) is -0.120. The van der Waals surface area contributed by atoms with Crippen molar-refractivity contribution in [3.8, 4) is 5.95 Å². The van der Waals surface area contributed by atoms with Gasteiger partial charge in [-0.3, -0.25) is 10.1 Å². The summed E-state index contributed by atoms with van der Waals surface area (Å²) in [7, 11) is 0. The lowest BCUT2D eigenvalue weighted by molar-refractivity contribution is -0.385. The zero-order valence-corrected chi connectivity index (χ0v) is 10.4. The van der Waals surface area contributed by atoms with Crippen molar-refractivity contribution in [3.05, 3.63) is 40.0 Å². The van der Waals surface area contributed by atoms with Gasteiger partial charge in [0, 0.05) is 5.92 Å². The molecule has 1 fully saturated rings. The van der Waals surface area contributed by atoms with E-state index in [1.165, 1.54) is 0 Å². The Morgan fingerprint density at radius 1 is 1.29 bits per heavy atom. The maximum Gasteiger partial charge on any atom is 0.435 e. The molecule has 1 aliphatic rings. The van der Waals surface area contributed by atoms with Crippen LogP contribution in [-0.2, 0) is 6.18 Å². The normalized spacial score (nSPS) is 15.2. The minimum atomic E-state index is -4.56. The Bertz CT molecular complexity index is 691. The number of nitro groups is 1. The van der Waals surface area contributed by atoms with Crippen molar-refractivity contribution in [3.63, 3.8) is 0 Å². The quantitative estimate of drug-likeness (QED) is 0.642. The summed E-state index contributed by atoms with van der Waals surface area (Å²) in [5.41, 5.74) is -0.988. The summed E-state index contributed by atoms with van der Waals surface area (Å²) in [6.07, 6.45) is -1.14. The Labute approximate surface area is 115 Å². The molecule has 21 heavy (non-hydrogen) atoms. The molecule has 1 saturated carbocycles. The van der Waals surface area contributed by atoms with Gasteiger partial charge >= 0.3 is 11.9 Å². The highest BCUT2D eigenvalue weighted by atomic mass is 19.4. The van der Waals surface area contributed by atoms with Crippen LogP contribution in [0.2, 0.25) is 0 Å². The SMILES string of the molecule is O=[N+]([O-])c1cnc(-n2nc(C(F)(F)F)cc2C2CC2)nc1. The van der Waals surface area contributed by atoms with Gasteiger partial charge in [-0.25, -0.2) is 14.6 Å². The summed E-state index contributed by atoms with van der Waals surface area (Å²) < 4.78 is 39.2. The summed E-state index contributed by atoms with van der Waals surface area (Å²) >= 11 is 0. The van der Waals surface area contributed by atoms with Crippen LogP contribution < -0.4 is 0 Å². The Hall–Kier alpha value is -2.52. The van der Waals surface area contributed by atoms with E-state index in [2.05, 4.69) is 15.1 Å². The molecule has 2 heterocycles. The molecule has 0 unspecified atom stereocenters. The van der Waals surface area contributed by atoms with Crippen molar-refractivity contribution in [2.45, 2.75) is 24.9 Å². The number of hydrogen-bond donors (Lipinski definition) is 0. The van der Waals surface area contributed by atoms with E-state index in [0.29, 0.717) is 5.69 Å². The molecule has 2 aromatic rings. The van der Waals surface area contributed by atoms with Gasteiger partial charge in [-0.15, -0.1) is 0 Å². The Morgan fingerprint density at radius 3 is 2.38 bits per heavy atom. The van der Waals surface area contributed by atoms with Crippen LogP contribution in [0.4, 0.5) is 18.9 Å². The Morgan fingerprint density at radius 2 is 1.90 bits per heavy atom. The minimum Gasteiger partial charge on any atom is -0.258 e. The van der Waals surface area contributed by atoms with E-state index in [-0.39, 0.29) is 17.6 Å². The summed E-state index contributed by atoms with van der Waals surface area (Å²) in [5, 5.41) is 14.0. The maximum absolute atomic E-state index is 12.7. The van der Waals surface area contributed by atoms with Gasteiger partial charge in [0.1, 0.15) is 12.4 Å².